The predicted molar refractivity (Wildman–Crippen MR) is 71.0 cm³/mol. The number of amides is 1. The van der Waals surface area contributed by atoms with E-state index in [1.165, 1.54) is 24.3 Å². The lowest BCUT2D eigenvalue weighted by atomic mass is 10.1. The number of benzene rings is 1. The summed E-state index contributed by atoms with van der Waals surface area (Å²) >= 11 is 3.05. The molecule has 0 unspecified atom stereocenters. The Bertz CT molecular complexity index is 532. The molecule has 18 heavy (non-hydrogen) atoms. The number of carbonyl (C=O) groups excluding carboxylic acids is 1. The Morgan fingerprint density at radius 1 is 1.56 bits per heavy atom. The summed E-state index contributed by atoms with van der Waals surface area (Å²) in [6.07, 6.45) is 1.42. The maximum absolute atomic E-state index is 13.0. The van der Waals surface area contributed by atoms with Crippen molar-refractivity contribution in [2.75, 3.05) is 0 Å². The van der Waals surface area contributed by atoms with Crippen LogP contribution in [0.1, 0.15) is 19.4 Å². The normalized spacial score (nSPS) is 11.2. The van der Waals surface area contributed by atoms with Crippen molar-refractivity contribution in [1.82, 2.24) is 5.32 Å². The van der Waals surface area contributed by atoms with Crippen LogP contribution in [-0.2, 0) is 4.79 Å². The van der Waals surface area contributed by atoms with Gasteiger partial charge in [-0.15, -0.1) is 0 Å². The van der Waals surface area contributed by atoms with E-state index in [4.69, 9.17) is 5.26 Å². The second-order valence-electron chi connectivity index (χ2n) is 3.97. The lowest BCUT2D eigenvalue weighted by molar-refractivity contribution is -0.117. The highest BCUT2D eigenvalue weighted by Crippen LogP contribution is 2.18. The maximum Gasteiger partial charge on any atom is 0.262 e. The highest BCUT2D eigenvalue weighted by atomic mass is 79.9. The number of carbonyl (C=O) groups is 1. The third-order valence-corrected chi connectivity index (χ3v) is 2.65. The van der Waals surface area contributed by atoms with E-state index in [0.717, 1.165) is 0 Å². The van der Waals surface area contributed by atoms with Gasteiger partial charge in [-0.2, -0.15) is 5.26 Å². The Kier molecular flexibility index (Phi) is 5.05. The summed E-state index contributed by atoms with van der Waals surface area (Å²) in [5.41, 5.74) is 0.570. The van der Waals surface area contributed by atoms with E-state index in [-0.39, 0.29) is 16.1 Å². The summed E-state index contributed by atoms with van der Waals surface area (Å²) in [6, 6.07) is 6.06. The number of nitrogens with one attached hydrogen (secondary N) is 1. The fourth-order valence-corrected chi connectivity index (χ4v) is 1.65. The van der Waals surface area contributed by atoms with E-state index >= 15 is 0 Å². The van der Waals surface area contributed by atoms with Crippen LogP contribution in [0.15, 0.2) is 28.2 Å². The second kappa shape index (κ2) is 6.31. The van der Waals surface area contributed by atoms with Crippen molar-refractivity contribution in [3.05, 3.63) is 39.6 Å². The third kappa shape index (κ3) is 3.97. The largest absolute Gasteiger partial charge is 0.349 e. The molecule has 0 atom stereocenters. The molecule has 94 valence electrons. The molecule has 0 spiro atoms. The minimum absolute atomic E-state index is 0.0118. The zero-order valence-corrected chi connectivity index (χ0v) is 11.6. The van der Waals surface area contributed by atoms with E-state index in [9.17, 15) is 9.18 Å². The van der Waals surface area contributed by atoms with E-state index in [2.05, 4.69) is 21.2 Å². The number of nitrogens with zero attached hydrogens (tertiary/aromatic N) is 1. The molecule has 0 bridgehead atoms. The average Bonchev–Trinajstić information content (AvgIpc) is 2.29. The van der Waals surface area contributed by atoms with Crippen molar-refractivity contribution < 1.29 is 9.18 Å². The molecule has 0 aliphatic rings. The highest BCUT2D eigenvalue weighted by molar-refractivity contribution is 9.10. The van der Waals surface area contributed by atoms with Gasteiger partial charge in [-0.1, -0.05) is 6.07 Å². The molecule has 0 saturated heterocycles. The van der Waals surface area contributed by atoms with Gasteiger partial charge >= 0.3 is 0 Å². The Hall–Kier alpha value is -1.67. The monoisotopic (exact) mass is 310 g/mol. The van der Waals surface area contributed by atoms with Crippen LogP contribution in [0.5, 0.6) is 0 Å². The minimum atomic E-state index is -0.437. The predicted octanol–water partition coefficient (Wildman–Crippen LogP) is 3.02. The molecule has 1 aromatic rings. The molecule has 0 aliphatic heterocycles. The first kappa shape index (κ1) is 14.4. The lowest BCUT2D eigenvalue weighted by Crippen LogP contribution is -2.30. The number of nitriles is 1. The molecule has 0 radical (unpaired) electrons. The van der Waals surface area contributed by atoms with Crippen LogP contribution < -0.4 is 5.32 Å². The molecule has 0 aliphatic carbocycles. The molecule has 0 aromatic heterocycles. The van der Waals surface area contributed by atoms with Crippen LogP contribution in [0.4, 0.5) is 4.39 Å². The summed E-state index contributed by atoms with van der Waals surface area (Å²) in [7, 11) is 0. The Balaban J connectivity index is 3.01. The molecular formula is C13H12BrFN2O. The molecule has 1 aromatic carbocycles. The van der Waals surface area contributed by atoms with Crippen LogP contribution in [0, 0.1) is 17.1 Å². The highest BCUT2D eigenvalue weighted by Gasteiger charge is 2.10. The van der Waals surface area contributed by atoms with Crippen molar-refractivity contribution in [1.29, 1.82) is 5.26 Å². The van der Waals surface area contributed by atoms with E-state index < -0.39 is 11.7 Å². The molecule has 0 fully saturated rings. The van der Waals surface area contributed by atoms with Crippen LogP contribution in [0.2, 0.25) is 0 Å². The lowest BCUT2D eigenvalue weighted by Gasteiger charge is -2.07. The quantitative estimate of drug-likeness (QED) is 0.689. The van der Waals surface area contributed by atoms with Gasteiger partial charge in [0.25, 0.3) is 5.91 Å². The van der Waals surface area contributed by atoms with Crippen LogP contribution in [0.3, 0.4) is 0 Å². The van der Waals surface area contributed by atoms with Gasteiger partial charge in [0.2, 0.25) is 0 Å². The molecule has 3 nitrogen and oxygen atoms in total. The summed E-state index contributed by atoms with van der Waals surface area (Å²) in [5, 5.41) is 11.6. The van der Waals surface area contributed by atoms with Crippen LogP contribution in [-0.4, -0.2) is 11.9 Å². The van der Waals surface area contributed by atoms with Crippen molar-refractivity contribution in [2.24, 2.45) is 0 Å². The number of halogens is 2. The topological polar surface area (TPSA) is 52.9 Å². The zero-order chi connectivity index (χ0) is 13.7. The van der Waals surface area contributed by atoms with Crippen LogP contribution in [0.25, 0.3) is 6.08 Å². The Morgan fingerprint density at radius 3 is 2.72 bits per heavy atom. The van der Waals surface area contributed by atoms with Gasteiger partial charge in [-0.05, 0) is 53.5 Å². The molecule has 1 rings (SSSR count). The molecule has 0 saturated carbocycles. The summed E-state index contributed by atoms with van der Waals surface area (Å²) in [4.78, 5) is 11.7. The maximum atomic E-state index is 13.0. The first-order valence-corrected chi connectivity index (χ1v) is 6.11. The van der Waals surface area contributed by atoms with E-state index in [1.54, 1.807) is 13.8 Å². The van der Waals surface area contributed by atoms with Crippen molar-refractivity contribution >= 4 is 27.9 Å². The zero-order valence-electron chi connectivity index (χ0n) is 10.00. The molecule has 5 heteroatoms. The fourth-order valence-electron chi connectivity index (χ4n) is 1.26. The van der Waals surface area contributed by atoms with Gasteiger partial charge in [0.05, 0.1) is 4.47 Å². The van der Waals surface area contributed by atoms with E-state index in [1.807, 2.05) is 6.07 Å². The number of rotatable bonds is 3. The Morgan fingerprint density at radius 2 is 2.22 bits per heavy atom. The first-order valence-electron chi connectivity index (χ1n) is 5.31. The minimum Gasteiger partial charge on any atom is -0.349 e. The van der Waals surface area contributed by atoms with Crippen molar-refractivity contribution in [2.45, 2.75) is 19.9 Å². The van der Waals surface area contributed by atoms with E-state index in [0.29, 0.717) is 5.56 Å². The summed E-state index contributed by atoms with van der Waals surface area (Å²) < 4.78 is 13.3. The van der Waals surface area contributed by atoms with Gasteiger partial charge in [0, 0.05) is 6.04 Å². The van der Waals surface area contributed by atoms with Crippen LogP contribution >= 0.6 is 15.9 Å². The van der Waals surface area contributed by atoms with Crippen molar-refractivity contribution in [3.8, 4) is 6.07 Å². The molecule has 1 N–H and O–H groups in total. The number of hydrogen-bond acceptors (Lipinski definition) is 2. The summed E-state index contributed by atoms with van der Waals surface area (Å²) in [5.74, 6) is -0.828. The molecule has 1 amide bonds. The SMILES string of the molecule is CC(C)NC(=O)/C(C#N)=C\c1ccc(F)c(Br)c1. The first-order chi connectivity index (χ1) is 8.43. The average molecular weight is 311 g/mol. The van der Waals surface area contributed by atoms with Gasteiger partial charge in [-0.25, -0.2) is 4.39 Å². The van der Waals surface area contributed by atoms with Crippen molar-refractivity contribution in [3.63, 3.8) is 0 Å². The Labute approximate surface area is 113 Å². The van der Waals surface area contributed by atoms with Gasteiger partial charge < -0.3 is 5.32 Å². The number of hydrogen-bond donors (Lipinski definition) is 1. The third-order valence-electron chi connectivity index (χ3n) is 2.04. The second-order valence-corrected chi connectivity index (χ2v) is 4.83. The van der Waals surface area contributed by atoms with Gasteiger partial charge in [0.15, 0.2) is 0 Å². The smallest absolute Gasteiger partial charge is 0.262 e. The fraction of sp³-hybridized carbons (Fsp3) is 0.231. The standard InChI is InChI=1S/C13H12BrFN2O/c1-8(2)17-13(18)10(7-16)5-9-3-4-12(15)11(14)6-9/h3-6,8H,1-2H3,(H,17,18)/b10-5-. The van der Waals surface area contributed by atoms with Gasteiger partial charge in [-0.3, -0.25) is 4.79 Å². The van der Waals surface area contributed by atoms with Gasteiger partial charge in [0.1, 0.15) is 17.5 Å². The molecular weight excluding hydrogens is 299 g/mol. The summed E-state index contributed by atoms with van der Waals surface area (Å²) in [6.45, 7) is 3.61. The molecule has 0 heterocycles.